The summed E-state index contributed by atoms with van der Waals surface area (Å²) in [4.78, 5) is 11.5. The molecule has 0 aliphatic heterocycles. The highest BCUT2D eigenvalue weighted by molar-refractivity contribution is 5.92. The molecule has 174 valence electrons. The molecule has 0 fully saturated rings. The first-order valence-corrected chi connectivity index (χ1v) is 11.1. The standard InChI is InChI=1S/C27H31NO5/c1-18(2)33-26-15-22(12-13-24(26)27(31)32)20-10-8-19(9-11-20)14-23(17-29)28-16-25(30)21-6-4-3-5-7-21/h3-13,15,18,23,25,28-30H,14,16-17H2,1-2H3,(H,31,32)/t23-,25-/m0/s1. The molecule has 4 N–H and O–H groups in total. The van der Waals surface area contributed by atoms with Gasteiger partial charge >= 0.3 is 5.97 Å². The van der Waals surface area contributed by atoms with Crippen LogP contribution in [0.3, 0.4) is 0 Å². The summed E-state index contributed by atoms with van der Waals surface area (Å²) in [5.74, 6) is -0.673. The number of ether oxygens (including phenoxy) is 1. The van der Waals surface area contributed by atoms with E-state index in [1.807, 2.05) is 68.4 Å². The molecule has 0 aromatic heterocycles. The Labute approximate surface area is 194 Å². The minimum absolute atomic E-state index is 0.0458. The second kappa shape index (κ2) is 11.6. The van der Waals surface area contributed by atoms with Crippen LogP contribution < -0.4 is 10.1 Å². The van der Waals surface area contributed by atoms with Gasteiger partial charge in [-0.3, -0.25) is 0 Å². The van der Waals surface area contributed by atoms with E-state index < -0.39 is 12.1 Å². The Balaban J connectivity index is 1.66. The molecule has 3 rings (SSSR count). The number of aliphatic hydroxyl groups is 2. The van der Waals surface area contributed by atoms with Crippen molar-refractivity contribution < 1.29 is 24.9 Å². The van der Waals surface area contributed by atoms with Crippen molar-refractivity contribution in [3.63, 3.8) is 0 Å². The van der Waals surface area contributed by atoms with Crippen LogP contribution in [0.15, 0.2) is 72.8 Å². The summed E-state index contributed by atoms with van der Waals surface area (Å²) >= 11 is 0. The average Bonchev–Trinajstić information content (AvgIpc) is 2.82. The van der Waals surface area contributed by atoms with Gasteiger partial charge in [0.05, 0.1) is 18.8 Å². The highest BCUT2D eigenvalue weighted by Crippen LogP contribution is 2.29. The maximum Gasteiger partial charge on any atom is 0.339 e. The van der Waals surface area contributed by atoms with Crippen LogP contribution in [-0.2, 0) is 6.42 Å². The van der Waals surface area contributed by atoms with E-state index in [-0.39, 0.29) is 24.3 Å². The van der Waals surface area contributed by atoms with Gasteiger partial charge in [-0.15, -0.1) is 0 Å². The fourth-order valence-corrected chi connectivity index (χ4v) is 3.62. The second-order valence-corrected chi connectivity index (χ2v) is 8.30. The quantitative estimate of drug-likeness (QED) is 0.352. The molecule has 6 nitrogen and oxygen atoms in total. The van der Waals surface area contributed by atoms with E-state index in [9.17, 15) is 20.1 Å². The molecule has 0 aliphatic rings. The lowest BCUT2D eigenvalue weighted by Crippen LogP contribution is -2.37. The SMILES string of the molecule is CC(C)Oc1cc(-c2ccc(C[C@@H](CO)NC[C@H](O)c3ccccc3)cc2)ccc1C(=O)O. The summed E-state index contributed by atoms with van der Waals surface area (Å²) in [7, 11) is 0. The zero-order chi connectivity index (χ0) is 23.8. The zero-order valence-electron chi connectivity index (χ0n) is 18.9. The molecule has 33 heavy (non-hydrogen) atoms. The van der Waals surface area contributed by atoms with Crippen LogP contribution in [0.2, 0.25) is 0 Å². The summed E-state index contributed by atoms with van der Waals surface area (Å²) in [6.07, 6.45) is -0.166. The Morgan fingerprint density at radius 1 is 0.970 bits per heavy atom. The topological polar surface area (TPSA) is 99.0 Å². The summed E-state index contributed by atoms with van der Waals surface area (Å²) in [5, 5.41) is 32.7. The van der Waals surface area contributed by atoms with E-state index in [2.05, 4.69) is 5.32 Å². The summed E-state index contributed by atoms with van der Waals surface area (Å²) in [5.41, 5.74) is 3.82. The van der Waals surface area contributed by atoms with Gasteiger partial charge in [-0.1, -0.05) is 60.7 Å². The van der Waals surface area contributed by atoms with Gasteiger partial charge in [0.2, 0.25) is 0 Å². The van der Waals surface area contributed by atoms with E-state index in [1.54, 1.807) is 18.2 Å². The highest BCUT2D eigenvalue weighted by Gasteiger charge is 2.15. The van der Waals surface area contributed by atoms with Crippen molar-refractivity contribution in [2.24, 2.45) is 0 Å². The molecular formula is C27H31NO5. The predicted molar refractivity (Wildman–Crippen MR) is 129 cm³/mol. The number of carboxylic acids is 1. The van der Waals surface area contributed by atoms with Crippen molar-refractivity contribution >= 4 is 5.97 Å². The van der Waals surface area contributed by atoms with E-state index in [4.69, 9.17) is 4.74 Å². The molecule has 6 heteroatoms. The number of hydrogen-bond donors (Lipinski definition) is 4. The lowest BCUT2D eigenvalue weighted by atomic mass is 9.99. The molecule has 3 aromatic carbocycles. The third-order valence-electron chi connectivity index (χ3n) is 5.35. The van der Waals surface area contributed by atoms with Crippen molar-refractivity contribution in [2.45, 2.75) is 38.5 Å². The molecule has 0 spiro atoms. The first-order chi connectivity index (χ1) is 15.9. The molecular weight excluding hydrogens is 418 g/mol. The summed E-state index contributed by atoms with van der Waals surface area (Å²) in [6.45, 7) is 4.02. The largest absolute Gasteiger partial charge is 0.490 e. The molecule has 0 amide bonds. The molecule has 0 bridgehead atoms. The fourth-order valence-electron chi connectivity index (χ4n) is 3.62. The van der Waals surface area contributed by atoms with Crippen LogP contribution in [0, 0.1) is 0 Å². The van der Waals surface area contributed by atoms with Gasteiger partial charge in [-0.05, 0) is 54.7 Å². The molecule has 0 heterocycles. The molecule has 0 aliphatic carbocycles. The lowest BCUT2D eigenvalue weighted by Gasteiger charge is -2.19. The maximum absolute atomic E-state index is 11.5. The predicted octanol–water partition coefficient (Wildman–Crippen LogP) is 4.07. The minimum atomic E-state index is -1.02. The Bertz CT molecular complexity index is 1030. The highest BCUT2D eigenvalue weighted by atomic mass is 16.5. The monoisotopic (exact) mass is 449 g/mol. The van der Waals surface area contributed by atoms with Crippen LogP contribution >= 0.6 is 0 Å². The van der Waals surface area contributed by atoms with E-state index >= 15 is 0 Å². The number of benzene rings is 3. The fraction of sp³-hybridized carbons (Fsp3) is 0.296. The van der Waals surface area contributed by atoms with Crippen molar-refractivity contribution in [3.8, 4) is 16.9 Å². The Morgan fingerprint density at radius 2 is 1.64 bits per heavy atom. The number of rotatable bonds is 11. The zero-order valence-corrected chi connectivity index (χ0v) is 18.9. The number of aliphatic hydroxyl groups excluding tert-OH is 2. The van der Waals surface area contributed by atoms with E-state index in [0.29, 0.717) is 18.7 Å². The van der Waals surface area contributed by atoms with Gasteiger partial charge in [0.25, 0.3) is 0 Å². The van der Waals surface area contributed by atoms with Gasteiger partial charge in [-0.2, -0.15) is 0 Å². The normalized spacial score (nSPS) is 13.0. The van der Waals surface area contributed by atoms with Crippen molar-refractivity contribution in [1.29, 1.82) is 0 Å². The van der Waals surface area contributed by atoms with Crippen molar-refractivity contribution in [2.75, 3.05) is 13.2 Å². The number of hydrogen-bond acceptors (Lipinski definition) is 5. The van der Waals surface area contributed by atoms with Crippen molar-refractivity contribution in [3.05, 3.63) is 89.5 Å². The number of carbonyl (C=O) groups is 1. The second-order valence-electron chi connectivity index (χ2n) is 8.30. The van der Waals surface area contributed by atoms with Crippen LogP contribution in [0.1, 0.15) is 41.4 Å². The molecule has 2 atom stereocenters. The Kier molecular flexibility index (Phi) is 8.60. The Hall–Kier alpha value is -3.19. The van der Waals surface area contributed by atoms with Crippen LogP contribution in [-0.4, -0.2) is 46.6 Å². The summed E-state index contributed by atoms with van der Waals surface area (Å²) < 4.78 is 5.70. The van der Waals surface area contributed by atoms with Gasteiger partial charge in [0.15, 0.2) is 0 Å². The number of aromatic carboxylic acids is 1. The van der Waals surface area contributed by atoms with E-state index in [0.717, 1.165) is 22.3 Å². The van der Waals surface area contributed by atoms with Crippen LogP contribution in [0.25, 0.3) is 11.1 Å². The molecule has 0 radical (unpaired) electrons. The minimum Gasteiger partial charge on any atom is -0.490 e. The van der Waals surface area contributed by atoms with Crippen molar-refractivity contribution in [1.82, 2.24) is 5.32 Å². The van der Waals surface area contributed by atoms with Gasteiger partial charge in [-0.25, -0.2) is 4.79 Å². The van der Waals surface area contributed by atoms with Crippen LogP contribution in [0.4, 0.5) is 0 Å². The third-order valence-corrected chi connectivity index (χ3v) is 5.35. The smallest absolute Gasteiger partial charge is 0.339 e. The average molecular weight is 450 g/mol. The first kappa shape index (κ1) is 24.5. The number of carboxylic acid groups (broad SMARTS) is 1. The lowest BCUT2D eigenvalue weighted by molar-refractivity contribution is 0.0690. The maximum atomic E-state index is 11.5. The number of nitrogens with one attached hydrogen (secondary N) is 1. The molecule has 0 saturated carbocycles. The van der Waals surface area contributed by atoms with Gasteiger partial charge in [0.1, 0.15) is 11.3 Å². The molecule has 0 unspecified atom stereocenters. The Morgan fingerprint density at radius 3 is 2.24 bits per heavy atom. The van der Waals surface area contributed by atoms with E-state index in [1.165, 1.54) is 0 Å². The third kappa shape index (κ3) is 6.89. The van der Waals surface area contributed by atoms with Gasteiger partial charge in [0, 0.05) is 12.6 Å². The molecule has 3 aromatic rings. The van der Waals surface area contributed by atoms with Gasteiger partial charge < -0.3 is 25.4 Å². The first-order valence-electron chi connectivity index (χ1n) is 11.1. The summed E-state index contributed by atoms with van der Waals surface area (Å²) in [6, 6.07) is 22.2. The molecule has 0 saturated heterocycles. The van der Waals surface area contributed by atoms with Crippen LogP contribution in [0.5, 0.6) is 5.75 Å².